The smallest absolute Gasteiger partial charge is 0.182 e. The van der Waals surface area contributed by atoms with Crippen molar-refractivity contribution in [2.24, 2.45) is 5.92 Å². The van der Waals surface area contributed by atoms with Crippen LogP contribution in [0.3, 0.4) is 0 Å². The Hall–Kier alpha value is -0.700. The molecule has 0 aliphatic heterocycles. The second-order valence-electron chi connectivity index (χ2n) is 3.23. The number of rotatable bonds is 4. The van der Waals surface area contributed by atoms with Crippen molar-refractivity contribution in [1.29, 1.82) is 0 Å². The summed E-state index contributed by atoms with van der Waals surface area (Å²) in [5.41, 5.74) is 2.32. The van der Waals surface area contributed by atoms with Crippen LogP contribution in [0, 0.1) is 5.92 Å². The van der Waals surface area contributed by atoms with Gasteiger partial charge in [-0.2, -0.15) is 0 Å². The van der Waals surface area contributed by atoms with Crippen molar-refractivity contribution in [3.05, 3.63) is 16.6 Å². The monoisotopic (exact) mass is 183 g/mol. The molecule has 0 aliphatic rings. The fraction of sp³-hybridized carbons (Fsp3) is 0.556. The highest BCUT2D eigenvalue weighted by Crippen LogP contribution is 2.09. The van der Waals surface area contributed by atoms with Gasteiger partial charge < -0.3 is 0 Å². The molecule has 0 aromatic carbocycles. The van der Waals surface area contributed by atoms with E-state index < -0.39 is 0 Å². The number of aromatic nitrogens is 1. The molecule has 3 heteroatoms. The number of Topliss-reactive ketones (excluding diaryl/α,β-unsaturated/α-hetero) is 1. The average molecular weight is 183 g/mol. The van der Waals surface area contributed by atoms with E-state index in [0.717, 1.165) is 6.42 Å². The second kappa shape index (κ2) is 4.36. The average Bonchev–Trinajstić information content (AvgIpc) is 2.51. The Kier molecular flexibility index (Phi) is 3.41. The first-order valence-electron chi connectivity index (χ1n) is 4.11. The van der Waals surface area contributed by atoms with E-state index >= 15 is 0 Å². The zero-order valence-corrected chi connectivity index (χ0v) is 8.23. The van der Waals surface area contributed by atoms with Gasteiger partial charge in [0.1, 0.15) is 5.69 Å². The van der Waals surface area contributed by atoms with Crippen LogP contribution in [0.15, 0.2) is 10.9 Å². The van der Waals surface area contributed by atoms with Crippen LogP contribution < -0.4 is 0 Å². The molecular formula is C9H13NOS. The first-order chi connectivity index (χ1) is 5.70. The standard InChI is InChI=1S/C9H13NOS/c1-7(2)3-4-9(11)8-5-12-6-10-8/h5-7H,3-4H2,1-2H3. The van der Waals surface area contributed by atoms with Crippen molar-refractivity contribution >= 4 is 17.1 Å². The van der Waals surface area contributed by atoms with E-state index in [1.807, 2.05) is 5.38 Å². The molecule has 1 aromatic rings. The van der Waals surface area contributed by atoms with Crippen molar-refractivity contribution in [3.63, 3.8) is 0 Å². The topological polar surface area (TPSA) is 30.0 Å². The van der Waals surface area contributed by atoms with Gasteiger partial charge in [0, 0.05) is 11.8 Å². The Balaban J connectivity index is 2.40. The summed E-state index contributed by atoms with van der Waals surface area (Å²) in [4.78, 5) is 15.3. The summed E-state index contributed by atoms with van der Waals surface area (Å²) in [6.45, 7) is 4.24. The minimum atomic E-state index is 0.171. The van der Waals surface area contributed by atoms with Crippen molar-refractivity contribution in [1.82, 2.24) is 4.98 Å². The molecular weight excluding hydrogens is 170 g/mol. The van der Waals surface area contributed by atoms with E-state index in [9.17, 15) is 4.79 Å². The Labute approximate surface area is 76.6 Å². The van der Waals surface area contributed by atoms with Crippen LogP contribution in [-0.2, 0) is 0 Å². The second-order valence-corrected chi connectivity index (χ2v) is 3.95. The molecule has 12 heavy (non-hydrogen) atoms. The number of thiazole rings is 1. The van der Waals surface area contributed by atoms with Crippen LogP contribution in [0.5, 0.6) is 0 Å². The zero-order chi connectivity index (χ0) is 8.97. The van der Waals surface area contributed by atoms with Gasteiger partial charge in [0.2, 0.25) is 0 Å². The molecule has 0 unspecified atom stereocenters. The van der Waals surface area contributed by atoms with Gasteiger partial charge in [-0.15, -0.1) is 11.3 Å². The highest BCUT2D eigenvalue weighted by molar-refractivity contribution is 7.07. The number of hydrogen-bond donors (Lipinski definition) is 0. The molecule has 2 nitrogen and oxygen atoms in total. The van der Waals surface area contributed by atoms with Crippen LogP contribution >= 0.6 is 11.3 Å². The van der Waals surface area contributed by atoms with Crippen molar-refractivity contribution < 1.29 is 4.79 Å². The summed E-state index contributed by atoms with van der Waals surface area (Å²) in [5.74, 6) is 0.762. The fourth-order valence-corrected chi connectivity index (χ4v) is 1.45. The lowest BCUT2D eigenvalue weighted by Crippen LogP contribution is -2.01. The van der Waals surface area contributed by atoms with E-state index in [0.29, 0.717) is 18.0 Å². The molecule has 0 saturated heterocycles. The third kappa shape index (κ3) is 2.74. The van der Waals surface area contributed by atoms with Crippen LogP contribution in [0.2, 0.25) is 0 Å². The normalized spacial score (nSPS) is 10.6. The lowest BCUT2D eigenvalue weighted by Gasteiger charge is -2.00. The predicted octanol–water partition coefficient (Wildman–Crippen LogP) is 2.76. The number of nitrogens with zero attached hydrogens (tertiary/aromatic N) is 1. The SMILES string of the molecule is CC(C)CCC(=O)c1cscn1. The van der Waals surface area contributed by atoms with Crippen molar-refractivity contribution in [3.8, 4) is 0 Å². The van der Waals surface area contributed by atoms with Gasteiger partial charge in [0.25, 0.3) is 0 Å². The molecule has 1 rings (SSSR count). The Morgan fingerprint density at radius 1 is 1.67 bits per heavy atom. The lowest BCUT2D eigenvalue weighted by atomic mass is 10.1. The van der Waals surface area contributed by atoms with E-state index in [1.165, 1.54) is 11.3 Å². The highest BCUT2D eigenvalue weighted by atomic mass is 32.1. The first kappa shape index (κ1) is 9.39. The third-order valence-corrected chi connectivity index (χ3v) is 2.25. The largest absolute Gasteiger partial charge is 0.292 e. The Morgan fingerprint density at radius 3 is 2.92 bits per heavy atom. The predicted molar refractivity (Wildman–Crippen MR) is 50.5 cm³/mol. The van der Waals surface area contributed by atoms with E-state index in [-0.39, 0.29) is 5.78 Å². The summed E-state index contributed by atoms with van der Waals surface area (Å²) in [6, 6.07) is 0. The molecule has 0 atom stereocenters. The van der Waals surface area contributed by atoms with Crippen LogP contribution in [0.25, 0.3) is 0 Å². The molecule has 0 amide bonds. The maximum Gasteiger partial charge on any atom is 0.182 e. The molecule has 0 radical (unpaired) electrons. The number of ketones is 1. The summed E-state index contributed by atoms with van der Waals surface area (Å²) < 4.78 is 0. The third-order valence-electron chi connectivity index (χ3n) is 1.67. The number of carbonyl (C=O) groups excluding carboxylic acids is 1. The van der Waals surface area contributed by atoms with Gasteiger partial charge in [0.05, 0.1) is 5.51 Å². The molecule has 1 heterocycles. The van der Waals surface area contributed by atoms with Gasteiger partial charge in [-0.3, -0.25) is 4.79 Å². The quantitative estimate of drug-likeness (QED) is 0.672. The molecule has 0 N–H and O–H groups in total. The maximum absolute atomic E-state index is 11.4. The maximum atomic E-state index is 11.4. The zero-order valence-electron chi connectivity index (χ0n) is 7.41. The Morgan fingerprint density at radius 2 is 2.42 bits per heavy atom. The molecule has 0 saturated carbocycles. The van der Waals surface area contributed by atoms with Crippen LogP contribution in [0.1, 0.15) is 37.2 Å². The minimum absolute atomic E-state index is 0.171. The fourth-order valence-electron chi connectivity index (χ4n) is 0.898. The molecule has 1 aromatic heterocycles. The minimum Gasteiger partial charge on any atom is -0.292 e. The van der Waals surface area contributed by atoms with Crippen molar-refractivity contribution in [2.75, 3.05) is 0 Å². The lowest BCUT2D eigenvalue weighted by molar-refractivity contribution is 0.0971. The molecule has 0 bridgehead atoms. The van der Waals surface area contributed by atoms with Gasteiger partial charge in [-0.1, -0.05) is 13.8 Å². The number of hydrogen-bond acceptors (Lipinski definition) is 3. The van der Waals surface area contributed by atoms with E-state index in [1.54, 1.807) is 5.51 Å². The number of carbonyl (C=O) groups is 1. The van der Waals surface area contributed by atoms with Gasteiger partial charge >= 0.3 is 0 Å². The summed E-state index contributed by atoms with van der Waals surface area (Å²) >= 11 is 1.47. The summed E-state index contributed by atoms with van der Waals surface area (Å²) in [6.07, 6.45) is 1.58. The first-order valence-corrected chi connectivity index (χ1v) is 5.06. The van der Waals surface area contributed by atoms with Gasteiger partial charge in [-0.05, 0) is 12.3 Å². The van der Waals surface area contributed by atoms with E-state index in [4.69, 9.17) is 0 Å². The van der Waals surface area contributed by atoms with Crippen molar-refractivity contribution in [2.45, 2.75) is 26.7 Å². The molecule has 0 spiro atoms. The van der Waals surface area contributed by atoms with Gasteiger partial charge in [0.15, 0.2) is 5.78 Å². The molecule has 0 fully saturated rings. The van der Waals surface area contributed by atoms with Gasteiger partial charge in [-0.25, -0.2) is 4.98 Å². The summed E-state index contributed by atoms with van der Waals surface area (Å²) in [5, 5.41) is 1.81. The highest BCUT2D eigenvalue weighted by Gasteiger charge is 2.07. The molecule has 66 valence electrons. The summed E-state index contributed by atoms with van der Waals surface area (Å²) in [7, 11) is 0. The van der Waals surface area contributed by atoms with E-state index in [2.05, 4.69) is 18.8 Å². The molecule has 0 aliphatic carbocycles. The van der Waals surface area contributed by atoms with Crippen LogP contribution in [-0.4, -0.2) is 10.8 Å². The van der Waals surface area contributed by atoms with Crippen LogP contribution in [0.4, 0.5) is 0 Å². The Bertz CT molecular complexity index is 241.